The molecule has 4 aromatic carbocycles. The highest BCUT2D eigenvalue weighted by Gasteiger charge is 2.17. The Morgan fingerprint density at radius 2 is 1.68 bits per heavy atom. The van der Waals surface area contributed by atoms with Crippen LogP contribution in [0.4, 0.5) is 15.8 Å². The summed E-state index contributed by atoms with van der Waals surface area (Å²) in [5, 5.41) is 9.11. The van der Waals surface area contributed by atoms with E-state index in [1.54, 1.807) is 54.6 Å². The number of aliphatic carboxylic acids is 1. The summed E-state index contributed by atoms with van der Waals surface area (Å²) in [6.07, 6.45) is 1.09. The molecule has 4 aromatic rings. The largest absolute Gasteiger partial charge is 0.480 e. The Hall–Kier alpha value is -4.28. The van der Waals surface area contributed by atoms with Gasteiger partial charge in [-0.3, -0.25) is 4.72 Å². The van der Waals surface area contributed by atoms with Crippen molar-refractivity contribution in [3.63, 3.8) is 0 Å². The maximum Gasteiger partial charge on any atom is 0.341 e. The summed E-state index contributed by atoms with van der Waals surface area (Å²) >= 11 is 6.09. The number of anilines is 2. The monoisotopic (exact) mass is 598 g/mol. The number of carbonyl (C=O) groups is 1. The number of sulfonamides is 1. The second kappa shape index (κ2) is 12.9. The second-order valence-corrected chi connectivity index (χ2v) is 11.4. The number of carboxylic acids is 1. The van der Waals surface area contributed by atoms with Gasteiger partial charge in [0.2, 0.25) is 10.0 Å². The molecule has 11 heteroatoms. The lowest BCUT2D eigenvalue weighted by atomic mass is 10.1. The summed E-state index contributed by atoms with van der Waals surface area (Å²) in [5.74, 6) is -0.333. The van der Waals surface area contributed by atoms with Crippen LogP contribution in [0.1, 0.15) is 16.7 Å². The van der Waals surface area contributed by atoms with E-state index in [1.165, 1.54) is 12.1 Å². The maximum absolute atomic E-state index is 14.6. The zero-order valence-corrected chi connectivity index (χ0v) is 23.9. The molecule has 0 aromatic heterocycles. The summed E-state index contributed by atoms with van der Waals surface area (Å²) in [6.45, 7) is 1.92. The molecule has 0 unspecified atom stereocenters. The van der Waals surface area contributed by atoms with Gasteiger partial charge in [0, 0.05) is 30.4 Å². The fraction of sp³-hybridized carbons (Fsp3) is 0.167. The SMILES string of the molecule is Cc1c(NS(C)(=O)=O)cccc1N(Cc1ccc(Oc2ccc(Cl)c(OCC(=O)O)c2)cc1)Cc1ccccc1F. The Kier molecular flexibility index (Phi) is 9.36. The molecule has 41 heavy (non-hydrogen) atoms. The lowest BCUT2D eigenvalue weighted by Gasteiger charge is -2.28. The van der Waals surface area contributed by atoms with Gasteiger partial charge in [0.1, 0.15) is 23.1 Å². The van der Waals surface area contributed by atoms with Crippen LogP contribution in [0.3, 0.4) is 0 Å². The molecule has 0 aliphatic heterocycles. The molecule has 0 aliphatic rings. The van der Waals surface area contributed by atoms with Crippen molar-refractivity contribution in [1.29, 1.82) is 0 Å². The predicted octanol–water partition coefficient (Wildman–Crippen LogP) is 6.62. The van der Waals surface area contributed by atoms with Crippen LogP contribution in [-0.2, 0) is 27.9 Å². The maximum atomic E-state index is 14.6. The topological polar surface area (TPSA) is 105 Å². The molecule has 214 valence electrons. The number of hydrogen-bond donors (Lipinski definition) is 2. The van der Waals surface area contributed by atoms with E-state index in [-0.39, 0.29) is 23.1 Å². The molecule has 0 aliphatic carbocycles. The van der Waals surface area contributed by atoms with E-state index in [4.69, 9.17) is 26.2 Å². The minimum absolute atomic E-state index is 0.190. The van der Waals surface area contributed by atoms with Gasteiger partial charge in [-0.1, -0.05) is 48.0 Å². The van der Waals surface area contributed by atoms with E-state index in [0.717, 1.165) is 17.5 Å². The third-order valence-electron chi connectivity index (χ3n) is 6.05. The molecule has 0 amide bonds. The van der Waals surface area contributed by atoms with Crippen LogP contribution in [0.5, 0.6) is 17.2 Å². The van der Waals surface area contributed by atoms with Crippen molar-refractivity contribution in [2.75, 3.05) is 22.5 Å². The molecule has 0 bridgehead atoms. The van der Waals surface area contributed by atoms with E-state index in [2.05, 4.69) is 4.72 Å². The fourth-order valence-corrected chi connectivity index (χ4v) is 4.94. The van der Waals surface area contributed by atoms with Gasteiger partial charge in [-0.2, -0.15) is 0 Å². The zero-order chi connectivity index (χ0) is 29.6. The molecule has 0 fully saturated rings. The van der Waals surface area contributed by atoms with Gasteiger partial charge in [-0.05, 0) is 60.5 Å². The van der Waals surface area contributed by atoms with Crippen LogP contribution in [0.15, 0.2) is 84.9 Å². The van der Waals surface area contributed by atoms with Crippen LogP contribution in [0, 0.1) is 12.7 Å². The Morgan fingerprint density at radius 1 is 0.976 bits per heavy atom. The molecule has 2 N–H and O–H groups in total. The summed E-state index contributed by atoms with van der Waals surface area (Å²) in [6, 6.07) is 23.8. The fourth-order valence-electron chi connectivity index (χ4n) is 4.15. The van der Waals surface area contributed by atoms with E-state index in [1.807, 2.05) is 30.0 Å². The molecule has 0 saturated carbocycles. The Balaban J connectivity index is 1.57. The molecule has 0 radical (unpaired) electrons. The van der Waals surface area contributed by atoms with Crippen molar-refractivity contribution in [1.82, 2.24) is 0 Å². The average Bonchev–Trinajstić information content (AvgIpc) is 2.91. The number of nitrogens with one attached hydrogen (secondary N) is 1. The summed E-state index contributed by atoms with van der Waals surface area (Å²) in [5.41, 5.74) is 3.30. The smallest absolute Gasteiger partial charge is 0.341 e. The Labute approximate surface area is 243 Å². The molecule has 0 atom stereocenters. The first kappa shape index (κ1) is 29.7. The summed E-state index contributed by atoms with van der Waals surface area (Å²) < 4.78 is 52.1. The Bertz CT molecular complexity index is 1650. The highest BCUT2D eigenvalue weighted by atomic mass is 35.5. The number of halogens is 2. The van der Waals surface area contributed by atoms with Gasteiger partial charge >= 0.3 is 5.97 Å². The van der Waals surface area contributed by atoms with E-state index < -0.39 is 22.6 Å². The van der Waals surface area contributed by atoms with Gasteiger partial charge in [-0.15, -0.1) is 0 Å². The number of ether oxygens (including phenoxy) is 2. The molecule has 0 saturated heterocycles. The highest BCUT2D eigenvalue weighted by molar-refractivity contribution is 7.92. The normalized spacial score (nSPS) is 11.1. The average molecular weight is 599 g/mol. The number of nitrogens with zero attached hydrogens (tertiary/aromatic N) is 1. The van der Waals surface area contributed by atoms with E-state index in [9.17, 15) is 17.6 Å². The zero-order valence-electron chi connectivity index (χ0n) is 22.3. The minimum Gasteiger partial charge on any atom is -0.480 e. The summed E-state index contributed by atoms with van der Waals surface area (Å²) in [4.78, 5) is 12.8. The van der Waals surface area contributed by atoms with Crippen molar-refractivity contribution in [2.45, 2.75) is 20.0 Å². The minimum atomic E-state index is -3.49. The van der Waals surface area contributed by atoms with Crippen molar-refractivity contribution >= 4 is 39.0 Å². The Morgan fingerprint density at radius 3 is 2.37 bits per heavy atom. The van der Waals surface area contributed by atoms with Crippen molar-refractivity contribution < 1.29 is 32.2 Å². The van der Waals surface area contributed by atoms with Gasteiger partial charge in [-0.25, -0.2) is 17.6 Å². The third-order valence-corrected chi connectivity index (χ3v) is 6.95. The van der Waals surface area contributed by atoms with Gasteiger partial charge in [0.25, 0.3) is 0 Å². The molecular formula is C30H28ClFN2O6S. The molecule has 0 spiro atoms. The lowest BCUT2D eigenvalue weighted by Crippen LogP contribution is -2.24. The van der Waals surface area contributed by atoms with Crippen LogP contribution in [0.2, 0.25) is 5.02 Å². The van der Waals surface area contributed by atoms with Crippen LogP contribution in [0.25, 0.3) is 0 Å². The third kappa shape index (κ3) is 8.36. The first-order valence-electron chi connectivity index (χ1n) is 12.4. The van der Waals surface area contributed by atoms with Gasteiger partial charge in [0.15, 0.2) is 6.61 Å². The number of hydrogen-bond acceptors (Lipinski definition) is 6. The molecule has 8 nitrogen and oxygen atoms in total. The molecular weight excluding hydrogens is 571 g/mol. The standard InChI is InChI=1S/C30H28ClFN2O6S/c1-20-27(33-41(2,37)38)8-5-9-28(20)34(18-22-6-3-4-7-26(22)32)17-21-10-12-23(13-11-21)40-24-14-15-25(31)29(16-24)39-19-30(35)36/h3-16,33H,17-19H2,1-2H3,(H,35,36). The highest BCUT2D eigenvalue weighted by Crippen LogP contribution is 2.33. The molecule has 0 heterocycles. The molecule has 4 rings (SSSR count). The van der Waals surface area contributed by atoms with Crippen molar-refractivity contribution in [2.24, 2.45) is 0 Å². The number of benzene rings is 4. The number of rotatable bonds is 12. The first-order valence-corrected chi connectivity index (χ1v) is 14.7. The van der Waals surface area contributed by atoms with E-state index >= 15 is 0 Å². The first-order chi connectivity index (χ1) is 19.5. The predicted molar refractivity (Wildman–Crippen MR) is 157 cm³/mol. The summed E-state index contributed by atoms with van der Waals surface area (Å²) in [7, 11) is -3.49. The second-order valence-electron chi connectivity index (χ2n) is 9.29. The van der Waals surface area contributed by atoms with Crippen molar-refractivity contribution in [3.8, 4) is 17.2 Å². The van der Waals surface area contributed by atoms with Gasteiger partial charge < -0.3 is 19.5 Å². The van der Waals surface area contributed by atoms with Crippen LogP contribution >= 0.6 is 11.6 Å². The van der Waals surface area contributed by atoms with Crippen LogP contribution < -0.4 is 19.1 Å². The van der Waals surface area contributed by atoms with E-state index in [0.29, 0.717) is 34.9 Å². The van der Waals surface area contributed by atoms with Crippen LogP contribution in [-0.4, -0.2) is 32.4 Å². The number of carboxylic acid groups (broad SMARTS) is 1. The van der Waals surface area contributed by atoms with Gasteiger partial charge in [0.05, 0.1) is 17.0 Å². The lowest BCUT2D eigenvalue weighted by molar-refractivity contribution is -0.139. The quantitative estimate of drug-likeness (QED) is 0.189. The van der Waals surface area contributed by atoms with Crippen molar-refractivity contribution in [3.05, 3.63) is 112 Å².